The number of amides is 1. The van der Waals surface area contributed by atoms with E-state index in [0.29, 0.717) is 12.2 Å². The second-order valence-electron chi connectivity index (χ2n) is 7.95. The molecule has 1 unspecified atom stereocenters. The van der Waals surface area contributed by atoms with Crippen molar-refractivity contribution < 1.29 is 23.1 Å². The van der Waals surface area contributed by atoms with Gasteiger partial charge in [-0.25, -0.2) is 8.78 Å². The van der Waals surface area contributed by atoms with Crippen molar-refractivity contribution in [1.29, 1.82) is 0 Å². The highest BCUT2D eigenvalue weighted by molar-refractivity contribution is 6.01. The van der Waals surface area contributed by atoms with Crippen LogP contribution in [-0.2, 0) is 16.2 Å². The maximum absolute atomic E-state index is 14.3. The highest BCUT2D eigenvalue weighted by atomic mass is 19.1. The van der Waals surface area contributed by atoms with Crippen molar-refractivity contribution in [3.63, 3.8) is 0 Å². The highest BCUT2D eigenvalue weighted by Gasteiger charge is 2.27. The summed E-state index contributed by atoms with van der Waals surface area (Å²) in [6.45, 7) is 1.94. The molecule has 0 fully saturated rings. The number of carbonyl (C=O) groups is 1. The van der Waals surface area contributed by atoms with E-state index in [-0.39, 0.29) is 37.3 Å². The van der Waals surface area contributed by atoms with Crippen molar-refractivity contribution in [2.75, 3.05) is 13.2 Å². The van der Waals surface area contributed by atoms with Crippen LogP contribution in [0.4, 0.5) is 8.78 Å². The highest BCUT2D eigenvalue weighted by Crippen LogP contribution is 2.20. The van der Waals surface area contributed by atoms with E-state index in [1.165, 1.54) is 17.0 Å². The quantitative estimate of drug-likeness (QED) is 0.492. The number of para-hydroxylation sites is 1. The molecule has 0 bridgehead atoms. The van der Waals surface area contributed by atoms with Crippen LogP contribution in [-0.4, -0.2) is 35.8 Å². The van der Waals surface area contributed by atoms with Gasteiger partial charge in [0.25, 0.3) is 5.91 Å². The van der Waals surface area contributed by atoms with E-state index < -0.39 is 11.6 Å². The fraction of sp³-hybridized carbons (Fsp3) is 0.231. The SMILES string of the molecule is Cc1ccc(C2=NOC(CN(Cc3ccc(F)cc3F)C(=O)COc3ccccc3)C2)cc1. The van der Waals surface area contributed by atoms with Gasteiger partial charge in [0.05, 0.1) is 12.3 Å². The largest absolute Gasteiger partial charge is 0.484 e. The lowest BCUT2D eigenvalue weighted by atomic mass is 10.0. The molecule has 3 aromatic rings. The van der Waals surface area contributed by atoms with Crippen LogP contribution in [0.3, 0.4) is 0 Å². The minimum Gasteiger partial charge on any atom is -0.484 e. The number of halogens is 2. The Kier molecular flexibility index (Phi) is 6.98. The van der Waals surface area contributed by atoms with Crippen molar-refractivity contribution in [3.05, 3.63) is 101 Å². The van der Waals surface area contributed by atoms with Crippen LogP contribution in [0.1, 0.15) is 23.1 Å². The van der Waals surface area contributed by atoms with E-state index in [2.05, 4.69) is 5.16 Å². The Morgan fingerprint density at radius 2 is 1.85 bits per heavy atom. The third-order valence-electron chi connectivity index (χ3n) is 5.38. The van der Waals surface area contributed by atoms with Crippen molar-refractivity contribution in [3.8, 4) is 5.75 Å². The Hall–Kier alpha value is -3.74. The van der Waals surface area contributed by atoms with Crippen LogP contribution in [0.2, 0.25) is 0 Å². The van der Waals surface area contributed by atoms with E-state index in [1.54, 1.807) is 12.1 Å². The zero-order valence-electron chi connectivity index (χ0n) is 18.2. The first-order chi connectivity index (χ1) is 16.0. The topological polar surface area (TPSA) is 51.1 Å². The molecular formula is C26H24F2N2O3. The molecule has 1 heterocycles. The number of hydrogen-bond acceptors (Lipinski definition) is 4. The molecule has 0 N–H and O–H groups in total. The number of ether oxygens (including phenoxy) is 1. The summed E-state index contributed by atoms with van der Waals surface area (Å²) in [5, 5.41) is 4.18. The Morgan fingerprint density at radius 3 is 2.58 bits per heavy atom. The van der Waals surface area contributed by atoms with E-state index in [1.807, 2.05) is 49.4 Å². The van der Waals surface area contributed by atoms with Crippen LogP contribution < -0.4 is 4.74 Å². The molecule has 5 nitrogen and oxygen atoms in total. The van der Waals surface area contributed by atoms with Crippen LogP contribution >= 0.6 is 0 Å². The Bertz CT molecular complexity index is 1130. The number of oxime groups is 1. The molecule has 170 valence electrons. The molecule has 0 aromatic heterocycles. The van der Waals surface area contributed by atoms with Gasteiger partial charge in [-0.2, -0.15) is 0 Å². The summed E-state index contributed by atoms with van der Waals surface area (Å²) in [6.07, 6.45) is 0.128. The summed E-state index contributed by atoms with van der Waals surface area (Å²) in [4.78, 5) is 20.0. The maximum atomic E-state index is 14.3. The fourth-order valence-corrected chi connectivity index (χ4v) is 3.55. The second kappa shape index (κ2) is 10.3. The first-order valence-corrected chi connectivity index (χ1v) is 10.7. The summed E-state index contributed by atoms with van der Waals surface area (Å²) >= 11 is 0. The van der Waals surface area contributed by atoms with Crippen LogP contribution in [0.15, 0.2) is 78.0 Å². The third-order valence-corrected chi connectivity index (χ3v) is 5.38. The van der Waals surface area contributed by atoms with Gasteiger partial charge in [-0.1, -0.05) is 59.3 Å². The van der Waals surface area contributed by atoms with Crippen molar-refractivity contribution >= 4 is 11.6 Å². The van der Waals surface area contributed by atoms with Gasteiger partial charge in [0.2, 0.25) is 0 Å². The van der Waals surface area contributed by atoms with Crippen LogP contribution in [0, 0.1) is 18.6 Å². The molecule has 1 aliphatic rings. The lowest BCUT2D eigenvalue weighted by molar-refractivity contribution is -0.135. The van der Waals surface area contributed by atoms with Gasteiger partial charge in [-0.15, -0.1) is 0 Å². The minimum absolute atomic E-state index is 0.0389. The molecule has 1 atom stereocenters. The molecule has 7 heteroatoms. The Labute approximate surface area is 191 Å². The molecular weight excluding hydrogens is 426 g/mol. The van der Waals surface area contributed by atoms with Crippen LogP contribution in [0.25, 0.3) is 0 Å². The summed E-state index contributed by atoms with van der Waals surface area (Å²) in [7, 11) is 0. The average molecular weight is 450 g/mol. The number of benzene rings is 3. The normalized spacial score (nSPS) is 15.0. The zero-order valence-corrected chi connectivity index (χ0v) is 18.2. The lowest BCUT2D eigenvalue weighted by Crippen LogP contribution is -2.40. The van der Waals surface area contributed by atoms with Gasteiger partial charge in [0, 0.05) is 24.6 Å². The molecule has 1 aliphatic heterocycles. The van der Waals surface area contributed by atoms with E-state index >= 15 is 0 Å². The van der Waals surface area contributed by atoms with Gasteiger partial charge >= 0.3 is 0 Å². The van der Waals surface area contributed by atoms with Gasteiger partial charge in [-0.3, -0.25) is 4.79 Å². The molecule has 3 aromatic carbocycles. The molecule has 0 saturated carbocycles. The van der Waals surface area contributed by atoms with Crippen LogP contribution in [0.5, 0.6) is 5.75 Å². The minimum atomic E-state index is -0.708. The third kappa shape index (κ3) is 5.94. The molecule has 0 aliphatic carbocycles. The number of nitrogens with zero attached hydrogens (tertiary/aromatic N) is 2. The predicted molar refractivity (Wildman–Crippen MR) is 121 cm³/mol. The smallest absolute Gasteiger partial charge is 0.260 e. The van der Waals surface area contributed by atoms with Gasteiger partial charge in [0.1, 0.15) is 17.4 Å². The number of aryl methyl sites for hydroxylation is 1. The molecule has 0 radical (unpaired) electrons. The van der Waals surface area contributed by atoms with Crippen molar-refractivity contribution in [1.82, 2.24) is 4.90 Å². The Balaban J connectivity index is 1.45. The summed E-state index contributed by atoms with van der Waals surface area (Å²) < 4.78 is 33.2. The van der Waals surface area contributed by atoms with Gasteiger partial charge in [0.15, 0.2) is 12.7 Å². The summed E-state index contributed by atoms with van der Waals surface area (Å²) in [5.74, 6) is -1.16. The van der Waals surface area contributed by atoms with Gasteiger partial charge < -0.3 is 14.5 Å². The van der Waals surface area contributed by atoms with Gasteiger partial charge in [-0.05, 0) is 30.7 Å². The molecule has 4 rings (SSSR count). The molecule has 1 amide bonds. The first-order valence-electron chi connectivity index (χ1n) is 10.7. The predicted octanol–water partition coefficient (Wildman–Crippen LogP) is 4.87. The molecule has 0 spiro atoms. The molecule has 33 heavy (non-hydrogen) atoms. The standard InChI is InChI=1S/C26H24F2N2O3/c1-18-7-9-19(10-8-18)25-14-23(33-29-25)16-30(15-20-11-12-21(27)13-24(20)28)26(31)17-32-22-5-3-2-4-6-22/h2-13,23H,14-17H2,1H3. The number of hydrogen-bond donors (Lipinski definition) is 0. The molecule has 0 saturated heterocycles. The van der Waals surface area contributed by atoms with Crippen molar-refractivity contribution in [2.45, 2.75) is 26.0 Å². The van der Waals surface area contributed by atoms with E-state index in [4.69, 9.17) is 9.57 Å². The maximum Gasteiger partial charge on any atom is 0.260 e. The number of carbonyl (C=O) groups excluding carboxylic acids is 1. The van der Waals surface area contributed by atoms with E-state index in [0.717, 1.165) is 22.9 Å². The second-order valence-corrected chi connectivity index (χ2v) is 7.95. The average Bonchev–Trinajstić information content (AvgIpc) is 3.28. The fourth-order valence-electron chi connectivity index (χ4n) is 3.55. The number of rotatable bonds is 8. The summed E-state index contributed by atoms with van der Waals surface area (Å²) in [5.41, 5.74) is 3.10. The van der Waals surface area contributed by atoms with E-state index in [9.17, 15) is 13.6 Å². The summed E-state index contributed by atoms with van der Waals surface area (Å²) in [6, 6.07) is 20.2. The lowest BCUT2D eigenvalue weighted by Gasteiger charge is -2.25. The Morgan fingerprint density at radius 1 is 1.09 bits per heavy atom. The monoisotopic (exact) mass is 450 g/mol. The van der Waals surface area contributed by atoms with Crippen molar-refractivity contribution in [2.24, 2.45) is 5.16 Å². The zero-order chi connectivity index (χ0) is 23.2. The first kappa shape index (κ1) is 22.5.